The molecule has 1 aromatic carbocycles. The lowest BCUT2D eigenvalue weighted by Crippen LogP contribution is -2.34. The normalized spacial score (nSPS) is 25.3. The van der Waals surface area contributed by atoms with Crippen LogP contribution in [0.5, 0.6) is 0 Å². The molecule has 3 N–H and O–H groups in total. The molecule has 0 saturated carbocycles. The Hall–Kier alpha value is -0.835. The van der Waals surface area contributed by atoms with E-state index in [4.69, 9.17) is 10.4 Å². The van der Waals surface area contributed by atoms with Crippen LogP contribution in [0.4, 0.5) is 0 Å². The van der Waals surface area contributed by atoms with E-state index in [1.165, 1.54) is 0 Å². The Balaban J connectivity index is 2.60. The van der Waals surface area contributed by atoms with Crippen molar-refractivity contribution >= 4 is 12.6 Å². The Morgan fingerprint density at radius 1 is 1.57 bits per heavy atom. The van der Waals surface area contributed by atoms with E-state index in [0.717, 1.165) is 16.6 Å². The topological polar surface area (TPSA) is 55.5 Å². The van der Waals surface area contributed by atoms with Crippen molar-refractivity contribution in [1.82, 2.24) is 0 Å². The highest BCUT2D eigenvalue weighted by Crippen LogP contribution is 2.29. The summed E-state index contributed by atoms with van der Waals surface area (Å²) >= 11 is 0. The first-order valence-corrected chi connectivity index (χ1v) is 4.74. The molecule has 0 aliphatic carbocycles. The average Bonchev–Trinajstić information content (AvgIpc) is 2.41. The van der Waals surface area contributed by atoms with Gasteiger partial charge < -0.3 is 15.4 Å². The van der Waals surface area contributed by atoms with Gasteiger partial charge >= 0.3 is 7.12 Å². The molecule has 1 aliphatic heterocycles. The van der Waals surface area contributed by atoms with E-state index in [2.05, 4.69) is 0 Å². The molecule has 0 aromatic heterocycles. The SMILES string of the molecule is Cc1cccc2c1B(O)O[C@]2(C)CN. The number of hydrogen-bond acceptors (Lipinski definition) is 3. The van der Waals surface area contributed by atoms with Crippen LogP contribution < -0.4 is 11.2 Å². The molecule has 2 rings (SSSR count). The third-order valence-corrected chi connectivity index (χ3v) is 2.90. The van der Waals surface area contributed by atoms with Crippen LogP contribution in [0.15, 0.2) is 18.2 Å². The fraction of sp³-hybridized carbons (Fsp3) is 0.400. The minimum absolute atomic E-state index is 0.376. The quantitative estimate of drug-likeness (QED) is 0.608. The predicted octanol–water partition coefficient (Wildman–Crippen LogP) is -0.113. The maximum absolute atomic E-state index is 9.75. The van der Waals surface area contributed by atoms with Crippen LogP contribution in [0.2, 0.25) is 0 Å². The van der Waals surface area contributed by atoms with Crippen molar-refractivity contribution in [2.75, 3.05) is 6.54 Å². The van der Waals surface area contributed by atoms with Crippen LogP contribution >= 0.6 is 0 Å². The number of hydrogen-bond donors (Lipinski definition) is 2. The summed E-state index contributed by atoms with van der Waals surface area (Å²) in [4.78, 5) is 0. The van der Waals surface area contributed by atoms with Crippen LogP contribution in [-0.4, -0.2) is 18.7 Å². The zero-order valence-electron chi connectivity index (χ0n) is 8.45. The highest BCUT2D eigenvalue weighted by molar-refractivity contribution is 6.62. The van der Waals surface area contributed by atoms with Gasteiger partial charge in [0.25, 0.3) is 0 Å². The van der Waals surface area contributed by atoms with E-state index < -0.39 is 12.7 Å². The second-order valence-corrected chi connectivity index (χ2v) is 3.94. The molecule has 0 fully saturated rings. The first kappa shape index (κ1) is 9.71. The Morgan fingerprint density at radius 3 is 2.93 bits per heavy atom. The van der Waals surface area contributed by atoms with Crippen molar-refractivity contribution < 1.29 is 9.68 Å². The summed E-state index contributed by atoms with van der Waals surface area (Å²) in [5.41, 5.74) is 8.05. The smallest absolute Gasteiger partial charge is 0.423 e. The largest absolute Gasteiger partial charge is 0.492 e. The Morgan fingerprint density at radius 2 is 2.29 bits per heavy atom. The molecule has 74 valence electrons. The summed E-state index contributed by atoms with van der Waals surface area (Å²) in [6, 6.07) is 5.89. The van der Waals surface area contributed by atoms with Gasteiger partial charge in [-0.05, 0) is 24.9 Å². The zero-order chi connectivity index (χ0) is 10.3. The second-order valence-electron chi connectivity index (χ2n) is 3.94. The number of fused-ring (bicyclic) bond motifs is 1. The minimum atomic E-state index is -0.834. The van der Waals surface area contributed by atoms with Crippen LogP contribution in [0.25, 0.3) is 0 Å². The number of nitrogens with two attached hydrogens (primary N) is 1. The van der Waals surface area contributed by atoms with Gasteiger partial charge in [-0.1, -0.05) is 23.8 Å². The molecule has 0 spiro atoms. The molecule has 1 atom stereocenters. The number of aryl methyl sites for hydroxylation is 1. The van der Waals surface area contributed by atoms with Crippen molar-refractivity contribution in [3.8, 4) is 0 Å². The maximum Gasteiger partial charge on any atom is 0.492 e. The van der Waals surface area contributed by atoms with Crippen molar-refractivity contribution in [2.45, 2.75) is 19.4 Å². The van der Waals surface area contributed by atoms with E-state index in [-0.39, 0.29) is 0 Å². The summed E-state index contributed by atoms with van der Waals surface area (Å²) in [7, 11) is -0.834. The number of rotatable bonds is 1. The van der Waals surface area contributed by atoms with E-state index in [1.54, 1.807) is 0 Å². The molecule has 14 heavy (non-hydrogen) atoms. The third kappa shape index (κ3) is 1.19. The maximum atomic E-state index is 9.75. The first-order valence-electron chi connectivity index (χ1n) is 4.74. The molecule has 1 aliphatic rings. The molecule has 0 bridgehead atoms. The van der Waals surface area contributed by atoms with Gasteiger partial charge in [-0.2, -0.15) is 0 Å². The molecular formula is C10H14BNO2. The van der Waals surface area contributed by atoms with Crippen molar-refractivity contribution in [1.29, 1.82) is 0 Å². The summed E-state index contributed by atoms with van der Waals surface area (Å²) in [5, 5.41) is 9.75. The van der Waals surface area contributed by atoms with Crippen LogP contribution in [0, 0.1) is 6.92 Å². The van der Waals surface area contributed by atoms with Gasteiger partial charge in [0, 0.05) is 6.54 Å². The summed E-state index contributed by atoms with van der Waals surface area (Å²) < 4.78 is 5.48. The third-order valence-electron chi connectivity index (χ3n) is 2.90. The molecule has 1 aromatic rings. The lowest BCUT2D eigenvalue weighted by Gasteiger charge is -2.23. The van der Waals surface area contributed by atoms with E-state index >= 15 is 0 Å². The van der Waals surface area contributed by atoms with Crippen LogP contribution in [0.1, 0.15) is 18.1 Å². The van der Waals surface area contributed by atoms with Crippen LogP contribution in [0.3, 0.4) is 0 Å². The average molecular weight is 191 g/mol. The lowest BCUT2D eigenvalue weighted by atomic mass is 9.75. The predicted molar refractivity (Wildman–Crippen MR) is 56.3 cm³/mol. The molecule has 4 heteroatoms. The van der Waals surface area contributed by atoms with Gasteiger partial charge in [0.15, 0.2) is 0 Å². The second kappa shape index (κ2) is 3.09. The molecule has 1 heterocycles. The molecule has 3 nitrogen and oxygen atoms in total. The molecule has 0 amide bonds. The van der Waals surface area contributed by atoms with Gasteiger partial charge in [0.2, 0.25) is 0 Å². The summed E-state index contributed by atoms with van der Waals surface area (Å²) in [6.45, 7) is 4.25. The summed E-state index contributed by atoms with van der Waals surface area (Å²) in [5.74, 6) is 0. The minimum Gasteiger partial charge on any atom is -0.423 e. The van der Waals surface area contributed by atoms with Crippen molar-refractivity contribution in [3.05, 3.63) is 29.3 Å². The Bertz CT molecular complexity index is 369. The highest BCUT2D eigenvalue weighted by Gasteiger charge is 2.43. The fourth-order valence-corrected chi connectivity index (χ4v) is 2.00. The van der Waals surface area contributed by atoms with E-state index in [9.17, 15) is 5.02 Å². The van der Waals surface area contributed by atoms with Gasteiger partial charge in [-0.15, -0.1) is 0 Å². The first-order chi connectivity index (χ1) is 6.58. The molecule has 0 saturated heterocycles. The molecule has 0 unspecified atom stereocenters. The lowest BCUT2D eigenvalue weighted by molar-refractivity contribution is 0.0893. The highest BCUT2D eigenvalue weighted by atomic mass is 16.5. The Labute approximate surface area is 84.0 Å². The summed E-state index contributed by atoms with van der Waals surface area (Å²) in [6.07, 6.45) is 0. The van der Waals surface area contributed by atoms with E-state index in [0.29, 0.717) is 6.54 Å². The van der Waals surface area contributed by atoms with Gasteiger partial charge in [-0.25, -0.2) is 0 Å². The zero-order valence-corrected chi connectivity index (χ0v) is 8.45. The van der Waals surface area contributed by atoms with Crippen LogP contribution in [-0.2, 0) is 10.3 Å². The monoisotopic (exact) mass is 191 g/mol. The van der Waals surface area contributed by atoms with Gasteiger partial charge in [-0.3, -0.25) is 0 Å². The van der Waals surface area contributed by atoms with Gasteiger partial charge in [0.1, 0.15) is 0 Å². The molecule has 0 radical (unpaired) electrons. The number of benzene rings is 1. The fourth-order valence-electron chi connectivity index (χ4n) is 2.00. The van der Waals surface area contributed by atoms with E-state index in [1.807, 2.05) is 32.0 Å². The standard InChI is InChI=1S/C10H14BNO2/c1-7-4-3-5-8-9(7)11(13)14-10(8,2)6-12/h3-5,13H,6,12H2,1-2H3/t10-/m1/s1. The van der Waals surface area contributed by atoms with Crippen molar-refractivity contribution in [2.24, 2.45) is 5.73 Å². The van der Waals surface area contributed by atoms with Gasteiger partial charge in [0.05, 0.1) is 5.60 Å². The van der Waals surface area contributed by atoms with Crippen molar-refractivity contribution in [3.63, 3.8) is 0 Å². The molecular weight excluding hydrogens is 177 g/mol. The Kier molecular flexibility index (Phi) is 2.14.